The van der Waals surface area contributed by atoms with Gasteiger partial charge in [0.25, 0.3) is 0 Å². The van der Waals surface area contributed by atoms with Gasteiger partial charge in [-0.25, -0.2) is 19.2 Å². The molecule has 12 nitrogen and oxygen atoms in total. The fourth-order valence-electron chi connectivity index (χ4n) is 3.53. The summed E-state index contributed by atoms with van der Waals surface area (Å²) in [7, 11) is 0. The van der Waals surface area contributed by atoms with Gasteiger partial charge in [0, 0.05) is 23.3 Å². The van der Waals surface area contributed by atoms with Crippen LogP contribution in [0.25, 0.3) is 11.0 Å². The smallest absolute Gasteiger partial charge is 0.476 e. The van der Waals surface area contributed by atoms with E-state index < -0.39 is 47.8 Å². The van der Waals surface area contributed by atoms with Crippen molar-refractivity contribution in [2.24, 2.45) is 0 Å². The highest BCUT2D eigenvalue weighted by Gasteiger charge is 2.49. The molecule has 1 aromatic carbocycles. The Kier molecular flexibility index (Phi) is 9.89. The van der Waals surface area contributed by atoms with E-state index in [2.05, 4.69) is 0 Å². The number of carbonyl (C=O) groups excluding carboxylic acids is 3. The van der Waals surface area contributed by atoms with Crippen LogP contribution in [0.5, 0.6) is 5.75 Å². The molecule has 0 saturated carbocycles. The minimum Gasteiger partial charge on any atom is -0.476 e. The zero-order valence-corrected chi connectivity index (χ0v) is 21.6. The number of aryl methyl sites for hydroxylation is 1. The largest absolute Gasteiger partial charge is 0.508 e. The maximum Gasteiger partial charge on any atom is 0.508 e. The van der Waals surface area contributed by atoms with Gasteiger partial charge in [0.05, 0.1) is 19.8 Å². The van der Waals surface area contributed by atoms with Crippen molar-refractivity contribution in [3.8, 4) is 5.75 Å². The number of benzene rings is 1. The summed E-state index contributed by atoms with van der Waals surface area (Å²) in [4.78, 5) is 48.3. The van der Waals surface area contributed by atoms with E-state index in [0.29, 0.717) is 11.0 Å². The molecule has 2 aromatic rings. The first-order valence-electron chi connectivity index (χ1n) is 11.6. The Morgan fingerprint density at radius 1 is 0.892 bits per heavy atom. The normalized spacial score (nSPS) is 21.0. The number of fused-ring (bicyclic) bond motifs is 1. The van der Waals surface area contributed by atoms with Gasteiger partial charge in [0.1, 0.15) is 11.3 Å². The van der Waals surface area contributed by atoms with Gasteiger partial charge in [-0.05, 0) is 45.4 Å². The zero-order valence-electron chi connectivity index (χ0n) is 20.8. The van der Waals surface area contributed by atoms with Crippen LogP contribution in [0.4, 0.5) is 14.4 Å². The summed E-state index contributed by atoms with van der Waals surface area (Å²) in [6, 6.07) is 6.27. The highest BCUT2D eigenvalue weighted by molar-refractivity contribution is 7.99. The number of carbonyl (C=O) groups is 3. The molecular weight excluding hydrogens is 512 g/mol. The summed E-state index contributed by atoms with van der Waals surface area (Å²) in [6.45, 7) is 6.67. The van der Waals surface area contributed by atoms with Crippen LogP contribution in [0.1, 0.15) is 26.3 Å². The lowest BCUT2D eigenvalue weighted by Gasteiger charge is -2.39. The van der Waals surface area contributed by atoms with Crippen LogP contribution in [0.2, 0.25) is 0 Å². The van der Waals surface area contributed by atoms with Crippen LogP contribution in [0, 0.1) is 6.92 Å². The third-order valence-electron chi connectivity index (χ3n) is 5.06. The lowest BCUT2D eigenvalue weighted by Crippen LogP contribution is -2.56. The molecule has 202 valence electrons. The van der Waals surface area contributed by atoms with Gasteiger partial charge in [-0.2, -0.15) is 0 Å². The molecule has 37 heavy (non-hydrogen) atoms. The molecule has 1 fully saturated rings. The second-order valence-electron chi connectivity index (χ2n) is 7.60. The second-order valence-corrected chi connectivity index (χ2v) is 8.73. The third-order valence-corrected chi connectivity index (χ3v) is 6.27. The molecule has 4 atom stereocenters. The molecule has 0 aliphatic carbocycles. The van der Waals surface area contributed by atoms with E-state index in [1.807, 2.05) is 0 Å². The molecule has 2 heterocycles. The first-order chi connectivity index (χ1) is 17.7. The Hall–Kier alpha value is -3.61. The van der Waals surface area contributed by atoms with Gasteiger partial charge in [-0.15, -0.1) is 11.8 Å². The van der Waals surface area contributed by atoms with Crippen molar-refractivity contribution in [1.29, 1.82) is 0 Å². The minimum atomic E-state index is -1.32. The van der Waals surface area contributed by atoms with E-state index in [0.717, 1.165) is 17.3 Å². The van der Waals surface area contributed by atoms with Gasteiger partial charge < -0.3 is 37.6 Å². The van der Waals surface area contributed by atoms with Gasteiger partial charge in [0.2, 0.25) is 0 Å². The Balaban J connectivity index is 1.93. The highest BCUT2D eigenvalue weighted by atomic mass is 32.2. The molecule has 0 radical (unpaired) electrons. The molecule has 1 aromatic heterocycles. The Morgan fingerprint density at radius 2 is 1.49 bits per heavy atom. The number of hydrogen-bond donors (Lipinski definition) is 0. The van der Waals surface area contributed by atoms with E-state index in [9.17, 15) is 19.2 Å². The zero-order chi connectivity index (χ0) is 26.9. The lowest BCUT2D eigenvalue weighted by molar-refractivity contribution is -0.119. The summed E-state index contributed by atoms with van der Waals surface area (Å²) in [5.74, 6) is 0.383. The van der Waals surface area contributed by atoms with E-state index >= 15 is 0 Å². The van der Waals surface area contributed by atoms with Crippen molar-refractivity contribution in [1.82, 2.24) is 0 Å². The third kappa shape index (κ3) is 7.44. The molecule has 0 spiro atoms. The minimum absolute atomic E-state index is 0.0226. The fourth-order valence-corrected chi connectivity index (χ4v) is 4.74. The maximum absolute atomic E-state index is 12.3. The van der Waals surface area contributed by atoms with Crippen molar-refractivity contribution in [3.05, 3.63) is 40.2 Å². The SMILES string of the molecule is CCOC(=O)O[C@H]1[C@H](OC(=O)OCC)CSC(Oc2ccc3c(C)cc(=O)oc3c2)[C@@H]1OC(=O)OCC. The van der Waals surface area contributed by atoms with Crippen molar-refractivity contribution in [3.63, 3.8) is 0 Å². The van der Waals surface area contributed by atoms with Crippen LogP contribution in [-0.4, -0.2) is 67.8 Å². The molecule has 3 rings (SSSR count). The quantitative estimate of drug-likeness (QED) is 0.268. The van der Waals surface area contributed by atoms with Crippen molar-refractivity contribution < 1.29 is 52.0 Å². The number of thioether (sulfide) groups is 1. The molecule has 1 unspecified atom stereocenters. The molecule has 0 N–H and O–H groups in total. The average molecular weight is 541 g/mol. The van der Waals surface area contributed by atoms with Gasteiger partial charge in [-0.3, -0.25) is 0 Å². The topological polar surface area (TPSA) is 146 Å². The maximum atomic E-state index is 12.3. The first kappa shape index (κ1) is 28.0. The molecule has 0 amide bonds. The Bertz CT molecular complexity index is 1160. The van der Waals surface area contributed by atoms with Gasteiger partial charge >= 0.3 is 24.1 Å². The van der Waals surface area contributed by atoms with Crippen molar-refractivity contribution >= 4 is 41.2 Å². The second kappa shape index (κ2) is 13.1. The lowest BCUT2D eigenvalue weighted by atomic mass is 10.1. The van der Waals surface area contributed by atoms with E-state index in [1.165, 1.54) is 12.1 Å². The number of rotatable bonds is 8. The molecule has 1 aliphatic rings. The van der Waals surface area contributed by atoms with Crippen molar-refractivity contribution in [2.75, 3.05) is 25.6 Å². The van der Waals surface area contributed by atoms with Gasteiger partial charge in [-0.1, -0.05) is 0 Å². The molecule has 13 heteroatoms. The summed E-state index contributed by atoms with van der Waals surface area (Å²) >= 11 is 1.14. The Morgan fingerprint density at radius 3 is 2.11 bits per heavy atom. The van der Waals surface area contributed by atoms with Crippen molar-refractivity contribution in [2.45, 2.75) is 51.4 Å². The first-order valence-corrected chi connectivity index (χ1v) is 12.6. The van der Waals surface area contributed by atoms with Crippen LogP contribution >= 0.6 is 11.8 Å². The highest BCUT2D eigenvalue weighted by Crippen LogP contribution is 2.35. The Labute approximate surface area is 216 Å². The van der Waals surface area contributed by atoms with Crippen LogP contribution in [0.3, 0.4) is 0 Å². The monoisotopic (exact) mass is 540 g/mol. The predicted molar refractivity (Wildman–Crippen MR) is 130 cm³/mol. The van der Waals surface area contributed by atoms with Crippen LogP contribution < -0.4 is 10.4 Å². The predicted octanol–water partition coefficient (Wildman–Crippen LogP) is 4.18. The average Bonchev–Trinajstić information content (AvgIpc) is 2.82. The molecular formula is C24H28O12S. The number of hydrogen-bond acceptors (Lipinski definition) is 13. The molecule has 0 bridgehead atoms. The van der Waals surface area contributed by atoms with Crippen LogP contribution in [0.15, 0.2) is 33.5 Å². The van der Waals surface area contributed by atoms with E-state index in [1.54, 1.807) is 39.8 Å². The summed E-state index contributed by atoms with van der Waals surface area (Å²) in [5, 5.41) is 0.717. The fraction of sp³-hybridized carbons (Fsp3) is 0.500. The standard InChI is InChI=1S/C24H28O12S/c1-5-29-22(26)34-17-12-37-21(20(36-24(28)31-7-3)19(17)35-23(27)30-6-2)32-14-8-9-15-13(4)10-18(25)33-16(15)11-14/h8-11,17,19-21H,5-7,12H2,1-4H3/t17-,19+,20-,21?/m1/s1. The summed E-state index contributed by atoms with van der Waals surface area (Å²) < 4.78 is 42.2. The van der Waals surface area contributed by atoms with Gasteiger partial charge in [0.15, 0.2) is 23.7 Å². The van der Waals surface area contributed by atoms with E-state index in [-0.39, 0.29) is 31.3 Å². The summed E-state index contributed by atoms with van der Waals surface area (Å²) in [6.07, 6.45) is -6.77. The van der Waals surface area contributed by atoms with E-state index in [4.69, 9.17) is 37.6 Å². The molecule has 1 saturated heterocycles. The van der Waals surface area contributed by atoms with Crippen LogP contribution in [-0.2, 0) is 28.4 Å². The molecule has 1 aliphatic heterocycles. The summed E-state index contributed by atoms with van der Waals surface area (Å²) in [5.41, 5.74) is -0.427. The number of ether oxygens (including phenoxy) is 7.